The smallest absolute Gasteiger partial charge is 0.354 e. The topological polar surface area (TPSA) is 153 Å². The van der Waals surface area contributed by atoms with Crippen LogP contribution in [0.3, 0.4) is 0 Å². The Morgan fingerprint density at radius 1 is 1.22 bits per heavy atom. The number of hydrogen-bond donors (Lipinski definition) is 5. The Balaban J connectivity index is 1.35. The average molecular weight is 579 g/mol. The van der Waals surface area contributed by atoms with Crippen molar-refractivity contribution in [1.29, 1.82) is 0 Å². The molecule has 0 radical (unpaired) electrons. The molecule has 0 spiro atoms. The summed E-state index contributed by atoms with van der Waals surface area (Å²) in [7, 11) is 0. The van der Waals surface area contributed by atoms with Gasteiger partial charge in [-0.1, -0.05) is 23.7 Å². The molecule has 41 heavy (non-hydrogen) atoms. The van der Waals surface area contributed by atoms with E-state index >= 15 is 4.39 Å². The van der Waals surface area contributed by atoms with Gasteiger partial charge in [-0.15, -0.1) is 0 Å². The van der Waals surface area contributed by atoms with Crippen LogP contribution in [-0.2, 0) is 6.42 Å². The lowest BCUT2D eigenvalue weighted by molar-refractivity contribution is 0.527. The number of aromatic amines is 1. The van der Waals surface area contributed by atoms with E-state index in [1.54, 1.807) is 24.4 Å². The van der Waals surface area contributed by atoms with Gasteiger partial charge in [-0.25, -0.2) is 9.18 Å². The highest BCUT2D eigenvalue weighted by atomic mass is 35.5. The zero-order valence-electron chi connectivity index (χ0n) is 23.0. The van der Waals surface area contributed by atoms with Gasteiger partial charge in [-0.05, 0) is 86.9 Å². The maximum Gasteiger partial charge on any atom is 0.354 e. The lowest BCUT2D eigenvalue weighted by atomic mass is 10.0. The first-order chi connectivity index (χ1) is 19.7. The van der Waals surface area contributed by atoms with Crippen molar-refractivity contribution in [3.63, 3.8) is 0 Å². The number of aliphatic imine (C=N–C) groups is 1. The van der Waals surface area contributed by atoms with Gasteiger partial charge in [-0.3, -0.25) is 9.56 Å². The maximum absolute atomic E-state index is 15.1. The molecule has 2 aromatic heterocycles. The molecule has 5 rings (SSSR count). The van der Waals surface area contributed by atoms with Gasteiger partial charge in [0.15, 0.2) is 11.8 Å². The maximum atomic E-state index is 15.1. The van der Waals surface area contributed by atoms with Gasteiger partial charge in [0.2, 0.25) is 0 Å². The van der Waals surface area contributed by atoms with E-state index in [0.29, 0.717) is 40.6 Å². The molecule has 2 aromatic carbocycles. The number of benzene rings is 2. The number of guanidine groups is 1. The van der Waals surface area contributed by atoms with E-state index in [-0.39, 0.29) is 23.1 Å². The minimum absolute atomic E-state index is 0.0569. The third kappa shape index (κ3) is 6.78. The molecule has 1 saturated heterocycles. The number of nitrogens with one attached hydrogen (secondary N) is 2. The average Bonchev–Trinajstić information content (AvgIpc) is 3.57. The molecule has 11 heteroatoms. The molecule has 3 heterocycles. The monoisotopic (exact) mass is 578 g/mol. The highest BCUT2D eigenvalue weighted by Gasteiger charge is 2.24. The second-order valence-electron chi connectivity index (χ2n) is 10.9. The number of nitrogens with two attached hydrogens (primary N) is 3. The quantitative estimate of drug-likeness (QED) is 0.140. The predicted octanol–water partition coefficient (Wildman–Crippen LogP) is 4.30. The summed E-state index contributed by atoms with van der Waals surface area (Å²) in [4.78, 5) is 24.3. The minimum Gasteiger partial charge on any atom is -0.370 e. The Labute approximate surface area is 243 Å². The summed E-state index contributed by atoms with van der Waals surface area (Å²) < 4.78 is 16.6. The first kappa shape index (κ1) is 28.8. The molecule has 216 valence electrons. The van der Waals surface area contributed by atoms with Crippen molar-refractivity contribution in [3.05, 3.63) is 81.1 Å². The number of H-pyrrole nitrogens is 1. The summed E-state index contributed by atoms with van der Waals surface area (Å²) in [6, 6.07) is 13.8. The lowest BCUT2D eigenvalue weighted by Crippen LogP contribution is -2.27. The van der Waals surface area contributed by atoms with Crippen LogP contribution >= 0.6 is 11.6 Å². The summed E-state index contributed by atoms with van der Waals surface area (Å²) in [5.41, 5.74) is 20.3. The fourth-order valence-electron chi connectivity index (χ4n) is 5.46. The van der Waals surface area contributed by atoms with Gasteiger partial charge in [0.1, 0.15) is 5.65 Å². The highest BCUT2D eigenvalue weighted by Crippen LogP contribution is 2.32. The molecule has 8 N–H and O–H groups in total. The zero-order chi connectivity index (χ0) is 29.1. The number of aryl methyl sites for hydroxylation is 1. The number of aromatic nitrogens is 3. The molecule has 0 bridgehead atoms. The standard InChI is InChI=1S/C30H36ClFN8O/c1-17(33)3-2-4-18-13-23(27(32)24(31)14-18)26-15-20-16-40(30(41)39-28(20)38-26)22-8-5-19(6-9-22)25-10-7-21(37-25)11-12-36-29(34)35/h5-6,8-9,13-17,21,25,37H,2-4,7,10-12,33H2,1H3,(H4,34,35,36)(H,38,39,41). The summed E-state index contributed by atoms with van der Waals surface area (Å²) in [6.07, 6.45) is 7.14. The number of halogens is 2. The van der Waals surface area contributed by atoms with Crippen molar-refractivity contribution in [3.8, 4) is 16.9 Å². The Hall–Kier alpha value is -3.73. The fourth-order valence-corrected chi connectivity index (χ4v) is 5.71. The van der Waals surface area contributed by atoms with Crippen LogP contribution in [0.4, 0.5) is 4.39 Å². The molecule has 1 aliphatic heterocycles. The van der Waals surface area contributed by atoms with E-state index in [2.05, 4.69) is 20.3 Å². The summed E-state index contributed by atoms with van der Waals surface area (Å²) in [6.45, 7) is 2.57. The van der Waals surface area contributed by atoms with E-state index in [1.165, 1.54) is 4.57 Å². The summed E-state index contributed by atoms with van der Waals surface area (Å²) >= 11 is 6.24. The predicted molar refractivity (Wildman–Crippen MR) is 163 cm³/mol. The van der Waals surface area contributed by atoms with Crippen LogP contribution < -0.4 is 28.2 Å². The van der Waals surface area contributed by atoms with Crippen LogP contribution in [0.2, 0.25) is 5.02 Å². The third-order valence-electron chi connectivity index (χ3n) is 7.60. The fraction of sp³-hybridized carbons (Fsp3) is 0.367. The summed E-state index contributed by atoms with van der Waals surface area (Å²) in [5.74, 6) is -0.401. The van der Waals surface area contributed by atoms with Crippen LogP contribution in [-0.4, -0.2) is 39.1 Å². The Bertz CT molecular complexity index is 1610. The van der Waals surface area contributed by atoms with E-state index in [1.807, 2.05) is 31.2 Å². The molecule has 0 aliphatic carbocycles. The molecule has 3 atom stereocenters. The Morgan fingerprint density at radius 2 is 2.00 bits per heavy atom. The normalized spacial score (nSPS) is 17.7. The molecular weight excluding hydrogens is 543 g/mol. The lowest BCUT2D eigenvalue weighted by Gasteiger charge is -2.15. The Morgan fingerprint density at radius 3 is 2.73 bits per heavy atom. The van der Waals surface area contributed by atoms with Crippen molar-refractivity contribution in [2.45, 2.75) is 63.6 Å². The zero-order valence-corrected chi connectivity index (χ0v) is 23.8. The van der Waals surface area contributed by atoms with Crippen molar-refractivity contribution in [1.82, 2.24) is 19.9 Å². The molecule has 3 unspecified atom stereocenters. The number of hydrogen-bond acceptors (Lipinski definition) is 5. The van der Waals surface area contributed by atoms with Crippen molar-refractivity contribution in [2.75, 3.05) is 6.54 Å². The van der Waals surface area contributed by atoms with Gasteiger partial charge in [0, 0.05) is 41.8 Å². The highest BCUT2D eigenvalue weighted by molar-refractivity contribution is 6.31. The molecule has 1 fully saturated rings. The van der Waals surface area contributed by atoms with Crippen molar-refractivity contribution < 1.29 is 4.39 Å². The molecule has 0 amide bonds. The molecule has 4 aromatic rings. The van der Waals surface area contributed by atoms with E-state index in [4.69, 9.17) is 28.8 Å². The van der Waals surface area contributed by atoms with Crippen LogP contribution in [0, 0.1) is 5.82 Å². The molecule has 1 aliphatic rings. The number of nitrogens with zero attached hydrogens (tertiary/aromatic N) is 3. The van der Waals surface area contributed by atoms with Crippen molar-refractivity contribution in [2.24, 2.45) is 22.2 Å². The van der Waals surface area contributed by atoms with Gasteiger partial charge < -0.3 is 27.5 Å². The van der Waals surface area contributed by atoms with E-state index < -0.39 is 11.5 Å². The first-order valence-electron chi connectivity index (χ1n) is 14.0. The van der Waals surface area contributed by atoms with Crippen LogP contribution in [0.1, 0.15) is 56.2 Å². The SMILES string of the molecule is CC(N)CCCc1cc(Cl)c(F)c(-c2cc3cn(-c4ccc(C5CCC(CCN=C(N)N)N5)cc4)c(=O)nc3[nH]2)c1. The third-order valence-corrected chi connectivity index (χ3v) is 7.87. The Kier molecular flexibility index (Phi) is 8.72. The largest absolute Gasteiger partial charge is 0.370 e. The van der Waals surface area contributed by atoms with Gasteiger partial charge >= 0.3 is 5.69 Å². The van der Waals surface area contributed by atoms with Gasteiger partial charge in [0.05, 0.1) is 16.4 Å². The van der Waals surface area contributed by atoms with E-state index in [0.717, 1.165) is 49.7 Å². The van der Waals surface area contributed by atoms with Crippen LogP contribution in [0.5, 0.6) is 0 Å². The number of fused-ring (bicyclic) bond motifs is 1. The minimum atomic E-state index is -0.515. The molecule has 0 saturated carbocycles. The van der Waals surface area contributed by atoms with E-state index in [9.17, 15) is 4.79 Å². The first-order valence-corrected chi connectivity index (χ1v) is 14.3. The van der Waals surface area contributed by atoms with Gasteiger partial charge in [-0.2, -0.15) is 4.98 Å². The number of rotatable bonds is 10. The second kappa shape index (κ2) is 12.4. The van der Waals surface area contributed by atoms with Gasteiger partial charge in [0.25, 0.3) is 0 Å². The van der Waals surface area contributed by atoms with Crippen molar-refractivity contribution >= 4 is 28.6 Å². The van der Waals surface area contributed by atoms with Crippen LogP contribution in [0.15, 0.2) is 58.4 Å². The van der Waals surface area contributed by atoms with Crippen LogP contribution in [0.25, 0.3) is 28.0 Å². The molecular formula is C30H36ClFN8O. The second-order valence-corrected chi connectivity index (χ2v) is 11.3. The molecule has 9 nitrogen and oxygen atoms in total. The summed E-state index contributed by atoms with van der Waals surface area (Å²) in [5, 5.41) is 4.38.